The summed E-state index contributed by atoms with van der Waals surface area (Å²) in [5.74, 6) is 0. The molecule has 1 unspecified atom stereocenters. The van der Waals surface area contributed by atoms with Gasteiger partial charge in [-0.25, -0.2) is 4.98 Å². The molecule has 1 aromatic carbocycles. The molecule has 0 aliphatic carbocycles. The van der Waals surface area contributed by atoms with Crippen molar-refractivity contribution < 1.29 is 0 Å². The molecular formula is C16H16BrN3S. The minimum Gasteiger partial charge on any atom is -0.302 e. The van der Waals surface area contributed by atoms with Crippen LogP contribution in [0.2, 0.25) is 0 Å². The summed E-state index contributed by atoms with van der Waals surface area (Å²) >= 11 is 5.27. The summed E-state index contributed by atoms with van der Waals surface area (Å²) in [6.45, 7) is 4.30. The van der Waals surface area contributed by atoms with E-state index in [1.165, 1.54) is 0 Å². The topological polar surface area (TPSA) is 37.8 Å². The first-order valence-corrected chi connectivity index (χ1v) is 8.52. The Bertz CT molecular complexity index is 740. The van der Waals surface area contributed by atoms with Crippen LogP contribution < -0.4 is 5.32 Å². The number of hydrogen-bond donors (Lipinski definition) is 1. The molecule has 1 atom stereocenters. The Labute approximate surface area is 136 Å². The van der Waals surface area contributed by atoms with Gasteiger partial charge in [-0.1, -0.05) is 28.1 Å². The Balaban J connectivity index is 2.18. The molecule has 3 nitrogen and oxygen atoms in total. The fraction of sp³-hybridized carbons (Fsp3) is 0.250. The van der Waals surface area contributed by atoms with Crippen molar-refractivity contribution in [2.75, 3.05) is 0 Å². The average Bonchev–Trinajstić information content (AvgIpc) is 3.00. The first-order chi connectivity index (χ1) is 10.2. The number of halogens is 1. The predicted octanol–water partition coefficient (Wildman–Crippen LogP) is 4.54. The third-order valence-electron chi connectivity index (χ3n) is 3.26. The zero-order valence-electron chi connectivity index (χ0n) is 11.9. The maximum Gasteiger partial charge on any atom is 0.114 e. The summed E-state index contributed by atoms with van der Waals surface area (Å²) in [5.41, 5.74) is 2.18. The minimum absolute atomic E-state index is 0.0653. The number of pyridine rings is 1. The normalized spacial score (nSPS) is 13.0. The van der Waals surface area contributed by atoms with E-state index in [1.54, 1.807) is 11.3 Å². The van der Waals surface area contributed by atoms with Gasteiger partial charge in [0, 0.05) is 39.2 Å². The first-order valence-electron chi connectivity index (χ1n) is 6.85. The molecule has 0 aliphatic heterocycles. The standard InChI is InChI=1S/C16H16BrN3S/c1-10(2)20-15(16-19-8-9-21-16)12-5-6-13(17)11-4-3-7-18-14(11)12/h3-10,15,20H,1-2H3. The van der Waals surface area contributed by atoms with Crippen LogP contribution in [-0.4, -0.2) is 16.0 Å². The van der Waals surface area contributed by atoms with Crippen LogP contribution in [0, 0.1) is 0 Å². The van der Waals surface area contributed by atoms with Crippen LogP contribution in [0.1, 0.15) is 30.5 Å². The van der Waals surface area contributed by atoms with Gasteiger partial charge in [-0.3, -0.25) is 4.98 Å². The molecule has 108 valence electrons. The SMILES string of the molecule is CC(C)NC(c1nccs1)c1ccc(Br)c2cccnc12. The van der Waals surface area contributed by atoms with E-state index in [4.69, 9.17) is 0 Å². The number of fused-ring (bicyclic) bond motifs is 1. The molecule has 0 fully saturated rings. The number of nitrogens with one attached hydrogen (secondary N) is 1. The fourth-order valence-electron chi connectivity index (χ4n) is 2.40. The summed E-state index contributed by atoms with van der Waals surface area (Å²) in [7, 11) is 0. The van der Waals surface area contributed by atoms with E-state index >= 15 is 0 Å². The Morgan fingerprint density at radius 3 is 2.71 bits per heavy atom. The quantitative estimate of drug-likeness (QED) is 0.740. The van der Waals surface area contributed by atoms with Crippen LogP contribution in [0.25, 0.3) is 10.9 Å². The highest BCUT2D eigenvalue weighted by Gasteiger charge is 2.21. The highest BCUT2D eigenvalue weighted by molar-refractivity contribution is 9.10. The molecule has 0 saturated heterocycles. The van der Waals surface area contributed by atoms with E-state index in [0.717, 1.165) is 25.9 Å². The van der Waals surface area contributed by atoms with Crippen LogP contribution in [0.15, 0.2) is 46.5 Å². The van der Waals surface area contributed by atoms with Gasteiger partial charge < -0.3 is 5.32 Å². The molecule has 0 spiro atoms. The largest absolute Gasteiger partial charge is 0.302 e. The third kappa shape index (κ3) is 3.00. The van der Waals surface area contributed by atoms with Crippen molar-refractivity contribution >= 4 is 38.2 Å². The van der Waals surface area contributed by atoms with Crippen molar-refractivity contribution in [1.82, 2.24) is 15.3 Å². The van der Waals surface area contributed by atoms with Gasteiger partial charge >= 0.3 is 0 Å². The molecule has 0 radical (unpaired) electrons. The second-order valence-electron chi connectivity index (χ2n) is 5.16. The Morgan fingerprint density at radius 2 is 2.00 bits per heavy atom. The molecule has 5 heteroatoms. The molecule has 0 aliphatic rings. The van der Waals surface area contributed by atoms with Gasteiger partial charge in [0.15, 0.2) is 0 Å². The van der Waals surface area contributed by atoms with Crippen molar-refractivity contribution in [2.24, 2.45) is 0 Å². The summed E-state index contributed by atoms with van der Waals surface area (Å²) in [6.07, 6.45) is 3.69. The van der Waals surface area contributed by atoms with Crippen LogP contribution in [0.4, 0.5) is 0 Å². The average molecular weight is 362 g/mol. The van der Waals surface area contributed by atoms with E-state index in [2.05, 4.69) is 63.3 Å². The van der Waals surface area contributed by atoms with Gasteiger partial charge in [-0.15, -0.1) is 11.3 Å². The summed E-state index contributed by atoms with van der Waals surface area (Å²) in [6, 6.07) is 8.69. The summed E-state index contributed by atoms with van der Waals surface area (Å²) < 4.78 is 1.07. The number of thiazole rings is 1. The van der Waals surface area contributed by atoms with Crippen molar-refractivity contribution in [2.45, 2.75) is 25.9 Å². The molecule has 21 heavy (non-hydrogen) atoms. The van der Waals surface area contributed by atoms with Gasteiger partial charge in [0.2, 0.25) is 0 Å². The maximum atomic E-state index is 4.59. The third-order valence-corrected chi connectivity index (χ3v) is 4.79. The fourth-order valence-corrected chi connectivity index (χ4v) is 3.56. The van der Waals surface area contributed by atoms with Crippen molar-refractivity contribution in [3.05, 3.63) is 57.1 Å². The lowest BCUT2D eigenvalue weighted by Gasteiger charge is -2.21. The van der Waals surface area contributed by atoms with Crippen LogP contribution >= 0.6 is 27.3 Å². The van der Waals surface area contributed by atoms with E-state index in [-0.39, 0.29) is 6.04 Å². The van der Waals surface area contributed by atoms with Crippen molar-refractivity contribution in [3.63, 3.8) is 0 Å². The monoisotopic (exact) mass is 361 g/mol. The molecule has 0 bridgehead atoms. The number of rotatable bonds is 4. The number of benzene rings is 1. The maximum absolute atomic E-state index is 4.59. The van der Waals surface area contributed by atoms with E-state index < -0.39 is 0 Å². The number of aromatic nitrogens is 2. The van der Waals surface area contributed by atoms with E-state index in [9.17, 15) is 0 Å². The highest BCUT2D eigenvalue weighted by atomic mass is 79.9. The first kappa shape index (κ1) is 14.6. The second-order valence-corrected chi connectivity index (χ2v) is 6.94. The smallest absolute Gasteiger partial charge is 0.114 e. The van der Waals surface area contributed by atoms with Crippen molar-refractivity contribution in [3.8, 4) is 0 Å². The lowest BCUT2D eigenvalue weighted by Crippen LogP contribution is -2.29. The lowest BCUT2D eigenvalue weighted by atomic mass is 10.0. The molecular weight excluding hydrogens is 346 g/mol. The molecule has 1 N–H and O–H groups in total. The zero-order valence-corrected chi connectivity index (χ0v) is 14.3. The van der Waals surface area contributed by atoms with Gasteiger partial charge in [0.1, 0.15) is 5.01 Å². The molecule has 3 aromatic rings. The number of nitrogens with zero attached hydrogens (tertiary/aromatic N) is 2. The van der Waals surface area contributed by atoms with Gasteiger partial charge in [-0.2, -0.15) is 0 Å². The molecule has 0 amide bonds. The van der Waals surface area contributed by atoms with Crippen LogP contribution in [0.3, 0.4) is 0 Å². The predicted molar refractivity (Wildman–Crippen MR) is 91.7 cm³/mol. The Morgan fingerprint density at radius 1 is 1.14 bits per heavy atom. The van der Waals surface area contributed by atoms with Crippen LogP contribution in [0.5, 0.6) is 0 Å². The van der Waals surface area contributed by atoms with Gasteiger partial charge in [0.05, 0.1) is 11.6 Å². The van der Waals surface area contributed by atoms with E-state index in [0.29, 0.717) is 6.04 Å². The zero-order chi connectivity index (χ0) is 14.8. The van der Waals surface area contributed by atoms with E-state index in [1.807, 2.05) is 23.8 Å². The molecule has 2 aromatic heterocycles. The summed E-state index contributed by atoms with van der Waals surface area (Å²) in [5, 5.41) is 7.81. The lowest BCUT2D eigenvalue weighted by molar-refractivity contribution is 0.529. The number of hydrogen-bond acceptors (Lipinski definition) is 4. The van der Waals surface area contributed by atoms with Crippen molar-refractivity contribution in [1.29, 1.82) is 0 Å². The van der Waals surface area contributed by atoms with Crippen LogP contribution in [-0.2, 0) is 0 Å². The molecule has 3 rings (SSSR count). The Hall–Kier alpha value is -1.30. The molecule has 0 saturated carbocycles. The Kier molecular flexibility index (Phi) is 4.33. The highest BCUT2D eigenvalue weighted by Crippen LogP contribution is 2.32. The molecule has 2 heterocycles. The van der Waals surface area contributed by atoms with Gasteiger partial charge in [-0.05, 0) is 26.0 Å². The van der Waals surface area contributed by atoms with Gasteiger partial charge in [0.25, 0.3) is 0 Å². The minimum atomic E-state index is 0.0653. The second kappa shape index (κ2) is 6.22. The summed E-state index contributed by atoms with van der Waals surface area (Å²) in [4.78, 5) is 9.08.